The Hall–Kier alpha value is -0.410. The highest BCUT2D eigenvalue weighted by molar-refractivity contribution is 5.82. The van der Waals surface area contributed by atoms with E-state index in [1.807, 2.05) is 6.92 Å². The monoisotopic (exact) mass is 146 g/mol. The van der Waals surface area contributed by atoms with Crippen LogP contribution in [0.25, 0.3) is 0 Å². The average Bonchev–Trinajstić information content (AvgIpc) is 1.84. The van der Waals surface area contributed by atoms with E-state index in [1.54, 1.807) is 0 Å². The van der Waals surface area contributed by atoms with E-state index in [2.05, 4.69) is 0 Å². The molecule has 0 saturated heterocycles. The van der Waals surface area contributed by atoms with Gasteiger partial charge in [-0.3, -0.25) is 4.79 Å². The normalized spacial score (nSPS) is 11.6. The maximum absolute atomic E-state index is 10.5. The molecule has 0 atom stereocenters. The van der Waals surface area contributed by atoms with Gasteiger partial charge >= 0.3 is 0 Å². The van der Waals surface area contributed by atoms with Gasteiger partial charge in [-0.1, -0.05) is 13.3 Å². The van der Waals surface area contributed by atoms with E-state index < -0.39 is 11.6 Å². The predicted molar refractivity (Wildman–Crippen MR) is 37.4 cm³/mol. The summed E-state index contributed by atoms with van der Waals surface area (Å²) in [5.41, 5.74) is 0. The highest BCUT2D eigenvalue weighted by atomic mass is 16.5. The molecule has 0 rings (SSSR count). The lowest BCUT2D eigenvalue weighted by atomic mass is 10.1. The Bertz CT molecular complexity index is 118. The molecule has 0 aromatic rings. The van der Waals surface area contributed by atoms with Gasteiger partial charge in [0.15, 0.2) is 5.78 Å². The molecule has 0 aliphatic carbocycles. The molecule has 3 nitrogen and oxygen atoms in total. The molecule has 0 spiro atoms. The van der Waals surface area contributed by atoms with Crippen LogP contribution < -0.4 is 0 Å². The molecule has 0 saturated carbocycles. The molecule has 0 fully saturated rings. The van der Waals surface area contributed by atoms with Gasteiger partial charge in [0.05, 0.1) is 0 Å². The molecule has 0 heterocycles. The third-order valence-electron chi connectivity index (χ3n) is 1.44. The number of hydrogen-bond donors (Lipinski definition) is 2. The molecule has 0 aromatic carbocycles. The van der Waals surface area contributed by atoms with Gasteiger partial charge in [-0.2, -0.15) is 0 Å². The number of rotatable bonds is 4. The van der Waals surface area contributed by atoms with Crippen LogP contribution in [0.4, 0.5) is 0 Å². The molecule has 0 amide bonds. The van der Waals surface area contributed by atoms with Crippen molar-refractivity contribution in [2.24, 2.45) is 0 Å². The first kappa shape index (κ1) is 9.59. The van der Waals surface area contributed by atoms with Crippen molar-refractivity contribution in [2.45, 2.75) is 38.9 Å². The zero-order chi connectivity index (χ0) is 8.20. The summed E-state index contributed by atoms with van der Waals surface area (Å²) in [6.07, 6.45) is 1.65. The van der Waals surface area contributed by atoms with Gasteiger partial charge in [-0.05, 0) is 6.42 Å². The second-order valence-electron chi connectivity index (χ2n) is 2.48. The number of hydrogen-bond acceptors (Lipinski definition) is 3. The quantitative estimate of drug-likeness (QED) is 0.566. The molecule has 0 bridgehead atoms. The standard InChI is InChI=1S/C7H14O3/c1-3-4-5-7(9,10)6(2)8/h9-10H,3-5H2,1-2H3. The molecule has 60 valence electrons. The van der Waals surface area contributed by atoms with E-state index in [0.29, 0.717) is 6.42 Å². The van der Waals surface area contributed by atoms with Crippen molar-refractivity contribution in [1.29, 1.82) is 0 Å². The van der Waals surface area contributed by atoms with E-state index in [0.717, 1.165) is 6.42 Å². The second kappa shape index (κ2) is 3.68. The molecule has 2 N–H and O–H groups in total. The summed E-state index contributed by atoms with van der Waals surface area (Å²) in [7, 11) is 0. The van der Waals surface area contributed by atoms with E-state index in [-0.39, 0.29) is 6.42 Å². The summed E-state index contributed by atoms with van der Waals surface area (Å²) >= 11 is 0. The molecular formula is C7H14O3. The van der Waals surface area contributed by atoms with Crippen LogP contribution in [0.15, 0.2) is 0 Å². The lowest BCUT2D eigenvalue weighted by Crippen LogP contribution is -2.36. The van der Waals surface area contributed by atoms with Gasteiger partial charge in [-0.25, -0.2) is 0 Å². The van der Waals surface area contributed by atoms with Crippen LogP contribution in [0.3, 0.4) is 0 Å². The van der Waals surface area contributed by atoms with Gasteiger partial charge < -0.3 is 10.2 Å². The summed E-state index contributed by atoms with van der Waals surface area (Å²) in [4.78, 5) is 10.5. The molecule has 3 heteroatoms. The minimum absolute atomic E-state index is 0.138. The number of Topliss-reactive ketones (excluding diaryl/α,β-unsaturated/α-hetero) is 1. The Balaban J connectivity index is 3.75. The molecule has 0 aliphatic rings. The van der Waals surface area contributed by atoms with Crippen molar-refractivity contribution in [3.8, 4) is 0 Å². The Morgan fingerprint density at radius 1 is 1.50 bits per heavy atom. The predicted octanol–water partition coefficient (Wildman–Crippen LogP) is 0.447. The maximum Gasteiger partial charge on any atom is 0.223 e. The van der Waals surface area contributed by atoms with Gasteiger partial charge in [0.2, 0.25) is 5.79 Å². The molecule has 0 unspecified atom stereocenters. The van der Waals surface area contributed by atoms with Crippen molar-refractivity contribution in [2.75, 3.05) is 0 Å². The zero-order valence-corrected chi connectivity index (χ0v) is 6.42. The first-order valence-corrected chi connectivity index (χ1v) is 3.46. The largest absolute Gasteiger partial charge is 0.360 e. The van der Waals surface area contributed by atoms with Gasteiger partial charge in [0, 0.05) is 13.3 Å². The second-order valence-corrected chi connectivity index (χ2v) is 2.48. The molecule has 0 aromatic heterocycles. The summed E-state index contributed by atoms with van der Waals surface area (Å²) in [6.45, 7) is 3.10. The van der Waals surface area contributed by atoms with Crippen molar-refractivity contribution >= 4 is 5.78 Å². The average molecular weight is 146 g/mol. The van der Waals surface area contributed by atoms with Gasteiger partial charge in [-0.15, -0.1) is 0 Å². The number of aliphatic hydroxyl groups is 2. The van der Waals surface area contributed by atoms with Crippen molar-refractivity contribution < 1.29 is 15.0 Å². The first-order chi connectivity index (χ1) is 4.50. The summed E-state index contributed by atoms with van der Waals surface area (Å²) < 4.78 is 0. The number of ketones is 1. The summed E-state index contributed by atoms with van der Waals surface area (Å²) in [6, 6.07) is 0. The SMILES string of the molecule is CCCCC(O)(O)C(C)=O. The summed E-state index contributed by atoms with van der Waals surface area (Å²) in [5, 5.41) is 17.9. The van der Waals surface area contributed by atoms with E-state index in [1.165, 1.54) is 6.92 Å². The smallest absolute Gasteiger partial charge is 0.223 e. The van der Waals surface area contributed by atoms with Gasteiger partial charge in [0.25, 0.3) is 0 Å². The Labute approximate surface area is 60.7 Å². The third kappa shape index (κ3) is 2.94. The van der Waals surface area contributed by atoms with Crippen LogP contribution in [0, 0.1) is 0 Å². The van der Waals surface area contributed by atoms with Crippen molar-refractivity contribution in [3.63, 3.8) is 0 Å². The maximum atomic E-state index is 10.5. The minimum atomic E-state index is -2.09. The Kier molecular flexibility index (Phi) is 3.53. The Morgan fingerprint density at radius 3 is 2.30 bits per heavy atom. The fourth-order valence-electron chi connectivity index (χ4n) is 0.599. The molecule has 0 radical (unpaired) electrons. The number of carbonyl (C=O) groups excluding carboxylic acids is 1. The molecular weight excluding hydrogens is 132 g/mol. The van der Waals surface area contributed by atoms with Crippen LogP contribution in [0.1, 0.15) is 33.1 Å². The van der Waals surface area contributed by atoms with Crippen LogP contribution in [-0.4, -0.2) is 21.8 Å². The minimum Gasteiger partial charge on any atom is -0.360 e. The van der Waals surface area contributed by atoms with Crippen molar-refractivity contribution in [1.82, 2.24) is 0 Å². The van der Waals surface area contributed by atoms with Gasteiger partial charge in [0.1, 0.15) is 0 Å². The highest BCUT2D eigenvalue weighted by Gasteiger charge is 2.27. The first-order valence-electron chi connectivity index (χ1n) is 3.46. The number of carbonyl (C=O) groups is 1. The zero-order valence-electron chi connectivity index (χ0n) is 6.42. The van der Waals surface area contributed by atoms with Crippen LogP contribution in [0.2, 0.25) is 0 Å². The van der Waals surface area contributed by atoms with Crippen LogP contribution in [0.5, 0.6) is 0 Å². The van der Waals surface area contributed by atoms with E-state index in [4.69, 9.17) is 10.2 Å². The lowest BCUT2D eigenvalue weighted by molar-refractivity contribution is -0.183. The van der Waals surface area contributed by atoms with Crippen LogP contribution >= 0.6 is 0 Å². The Morgan fingerprint density at radius 2 is 2.00 bits per heavy atom. The fourth-order valence-corrected chi connectivity index (χ4v) is 0.599. The summed E-state index contributed by atoms with van der Waals surface area (Å²) in [5.74, 6) is -2.67. The molecule has 0 aliphatic heterocycles. The van der Waals surface area contributed by atoms with E-state index >= 15 is 0 Å². The topological polar surface area (TPSA) is 57.5 Å². The highest BCUT2D eigenvalue weighted by Crippen LogP contribution is 2.10. The van der Waals surface area contributed by atoms with Crippen LogP contribution in [-0.2, 0) is 4.79 Å². The van der Waals surface area contributed by atoms with E-state index in [9.17, 15) is 4.79 Å². The third-order valence-corrected chi connectivity index (χ3v) is 1.44. The number of unbranched alkanes of at least 4 members (excludes halogenated alkanes) is 1. The lowest BCUT2D eigenvalue weighted by Gasteiger charge is -2.16. The fraction of sp³-hybridized carbons (Fsp3) is 0.857. The molecule has 10 heavy (non-hydrogen) atoms. The van der Waals surface area contributed by atoms with Crippen molar-refractivity contribution in [3.05, 3.63) is 0 Å².